The zero-order valence-electron chi connectivity index (χ0n) is 21.8. The lowest BCUT2D eigenvalue weighted by atomic mass is 9.87. The maximum absolute atomic E-state index is 13.1. The van der Waals surface area contributed by atoms with Crippen molar-refractivity contribution < 1.29 is 14.3 Å². The van der Waals surface area contributed by atoms with Gasteiger partial charge in [0.15, 0.2) is 0 Å². The number of amides is 1. The molecular weight excluding hydrogens is 452 g/mol. The smallest absolute Gasteiger partial charge is 0.225 e. The Morgan fingerprint density at radius 3 is 2.56 bits per heavy atom. The highest BCUT2D eigenvalue weighted by Gasteiger charge is 2.36. The van der Waals surface area contributed by atoms with E-state index in [4.69, 9.17) is 9.47 Å². The van der Waals surface area contributed by atoms with E-state index in [-0.39, 0.29) is 17.6 Å². The second-order valence-electron chi connectivity index (χ2n) is 11.0. The molecule has 7 nitrogen and oxygen atoms in total. The minimum atomic E-state index is -0.197. The van der Waals surface area contributed by atoms with Gasteiger partial charge < -0.3 is 19.3 Å². The quantitative estimate of drug-likeness (QED) is 0.608. The van der Waals surface area contributed by atoms with E-state index in [1.165, 1.54) is 5.56 Å². The summed E-state index contributed by atoms with van der Waals surface area (Å²) in [5.74, 6) is 2.40. The summed E-state index contributed by atoms with van der Waals surface area (Å²) in [7, 11) is 0. The number of piperazine rings is 1. The largest absolute Gasteiger partial charge is 0.490 e. The number of benzene rings is 1. The van der Waals surface area contributed by atoms with Crippen molar-refractivity contribution in [2.75, 3.05) is 50.8 Å². The predicted molar refractivity (Wildman–Crippen MR) is 141 cm³/mol. The fraction of sp³-hybridized carbons (Fsp3) is 0.586. The summed E-state index contributed by atoms with van der Waals surface area (Å²) in [6, 6.07) is 14.6. The predicted octanol–water partition coefficient (Wildman–Crippen LogP) is 3.98. The number of ether oxygens (including phenoxy) is 2. The molecule has 3 saturated heterocycles. The second kappa shape index (κ2) is 11.2. The summed E-state index contributed by atoms with van der Waals surface area (Å²) in [5, 5.41) is 0. The first-order valence-corrected chi connectivity index (χ1v) is 13.5. The SMILES string of the molecule is CC1(C)CC(C(=O)N2CCC(Oc3cccc(CN4CCN(c5ccccn5)CC4)c3)CC2)CCO1. The second-order valence-corrected chi connectivity index (χ2v) is 11.0. The molecule has 0 N–H and O–H groups in total. The summed E-state index contributed by atoms with van der Waals surface area (Å²) < 4.78 is 12.2. The molecule has 7 heteroatoms. The first-order valence-electron chi connectivity index (χ1n) is 13.5. The number of hydrogen-bond donors (Lipinski definition) is 0. The van der Waals surface area contributed by atoms with Crippen LogP contribution in [0.2, 0.25) is 0 Å². The van der Waals surface area contributed by atoms with E-state index >= 15 is 0 Å². The van der Waals surface area contributed by atoms with Gasteiger partial charge in [0.1, 0.15) is 17.7 Å². The van der Waals surface area contributed by atoms with Crippen molar-refractivity contribution in [3.05, 3.63) is 54.2 Å². The molecule has 1 unspecified atom stereocenters. The molecule has 1 amide bonds. The molecule has 36 heavy (non-hydrogen) atoms. The van der Waals surface area contributed by atoms with Crippen LogP contribution in [0.1, 0.15) is 45.1 Å². The Hall–Kier alpha value is -2.64. The molecule has 0 saturated carbocycles. The van der Waals surface area contributed by atoms with Crippen molar-refractivity contribution in [2.45, 2.75) is 57.8 Å². The van der Waals surface area contributed by atoms with Gasteiger partial charge in [0.2, 0.25) is 5.91 Å². The molecule has 0 bridgehead atoms. The van der Waals surface area contributed by atoms with Gasteiger partial charge in [0.25, 0.3) is 0 Å². The van der Waals surface area contributed by atoms with E-state index in [1.807, 2.05) is 17.2 Å². The van der Waals surface area contributed by atoms with Crippen LogP contribution in [0.15, 0.2) is 48.7 Å². The molecule has 194 valence electrons. The Morgan fingerprint density at radius 2 is 1.83 bits per heavy atom. The molecule has 3 aliphatic heterocycles. The lowest BCUT2D eigenvalue weighted by molar-refractivity contribution is -0.147. The molecule has 2 aromatic rings. The third-order valence-electron chi connectivity index (χ3n) is 7.75. The van der Waals surface area contributed by atoms with E-state index < -0.39 is 0 Å². The fourth-order valence-electron chi connectivity index (χ4n) is 5.74. The Bertz CT molecular complexity index is 999. The third kappa shape index (κ3) is 6.37. The van der Waals surface area contributed by atoms with Crippen LogP contribution in [-0.4, -0.2) is 78.3 Å². The number of rotatable bonds is 6. The lowest BCUT2D eigenvalue weighted by Crippen LogP contribution is -2.47. The summed E-state index contributed by atoms with van der Waals surface area (Å²) in [6.07, 6.45) is 5.45. The van der Waals surface area contributed by atoms with Crippen molar-refractivity contribution in [1.82, 2.24) is 14.8 Å². The van der Waals surface area contributed by atoms with E-state index in [0.717, 1.165) is 83.1 Å². The topological polar surface area (TPSA) is 58.1 Å². The highest BCUT2D eigenvalue weighted by Crippen LogP contribution is 2.31. The van der Waals surface area contributed by atoms with Crippen LogP contribution in [0.5, 0.6) is 5.75 Å². The Labute approximate surface area is 215 Å². The van der Waals surface area contributed by atoms with Gasteiger partial charge in [-0.1, -0.05) is 18.2 Å². The van der Waals surface area contributed by atoms with Gasteiger partial charge in [-0.15, -0.1) is 0 Å². The van der Waals surface area contributed by atoms with Crippen molar-refractivity contribution in [3.8, 4) is 5.75 Å². The van der Waals surface area contributed by atoms with Crippen LogP contribution >= 0.6 is 0 Å². The fourth-order valence-corrected chi connectivity index (χ4v) is 5.74. The average molecular weight is 493 g/mol. The lowest BCUT2D eigenvalue weighted by Gasteiger charge is -2.39. The number of carbonyl (C=O) groups is 1. The standard InChI is InChI=1S/C29H40N4O3/c1-29(2)21-24(11-19-35-29)28(34)33-13-9-25(10-14-33)36-26-7-5-6-23(20-26)22-31-15-17-32(18-16-31)27-8-3-4-12-30-27/h3-8,12,20,24-25H,9-11,13-19,21-22H2,1-2H3. The minimum absolute atomic E-state index is 0.0914. The highest BCUT2D eigenvalue weighted by atomic mass is 16.5. The number of piperidine rings is 1. The summed E-state index contributed by atoms with van der Waals surface area (Å²) in [6.45, 7) is 11.4. The van der Waals surface area contributed by atoms with Crippen LogP contribution in [0, 0.1) is 5.92 Å². The van der Waals surface area contributed by atoms with Gasteiger partial charge in [-0.2, -0.15) is 0 Å². The highest BCUT2D eigenvalue weighted by molar-refractivity contribution is 5.79. The molecule has 1 atom stereocenters. The maximum atomic E-state index is 13.1. The number of anilines is 1. The van der Waals surface area contributed by atoms with E-state index in [0.29, 0.717) is 12.5 Å². The molecule has 0 radical (unpaired) electrons. The first-order chi connectivity index (χ1) is 17.4. The molecule has 3 aliphatic rings. The average Bonchev–Trinajstić information content (AvgIpc) is 2.89. The monoisotopic (exact) mass is 492 g/mol. The molecular formula is C29H40N4O3. The summed E-state index contributed by atoms with van der Waals surface area (Å²) >= 11 is 0. The molecule has 0 aliphatic carbocycles. The van der Waals surface area contributed by atoms with Crippen LogP contribution in [0.25, 0.3) is 0 Å². The van der Waals surface area contributed by atoms with E-state index in [1.54, 1.807) is 0 Å². The number of carbonyl (C=O) groups excluding carboxylic acids is 1. The zero-order valence-corrected chi connectivity index (χ0v) is 21.8. The Kier molecular flexibility index (Phi) is 7.77. The maximum Gasteiger partial charge on any atom is 0.225 e. The summed E-state index contributed by atoms with van der Waals surface area (Å²) in [5.41, 5.74) is 1.09. The van der Waals surface area contributed by atoms with Crippen LogP contribution in [0.3, 0.4) is 0 Å². The van der Waals surface area contributed by atoms with Crippen LogP contribution in [-0.2, 0) is 16.1 Å². The van der Waals surface area contributed by atoms with Gasteiger partial charge >= 0.3 is 0 Å². The molecule has 3 fully saturated rings. The van der Waals surface area contributed by atoms with Crippen molar-refractivity contribution in [3.63, 3.8) is 0 Å². The van der Waals surface area contributed by atoms with Gasteiger partial charge in [0, 0.05) is 77.4 Å². The van der Waals surface area contributed by atoms with Gasteiger partial charge in [-0.05, 0) is 56.5 Å². The Balaban J connectivity index is 1.08. The van der Waals surface area contributed by atoms with Crippen molar-refractivity contribution in [2.24, 2.45) is 5.92 Å². The minimum Gasteiger partial charge on any atom is -0.490 e. The number of aromatic nitrogens is 1. The van der Waals surface area contributed by atoms with Crippen LogP contribution in [0.4, 0.5) is 5.82 Å². The molecule has 5 rings (SSSR count). The summed E-state index contributed by atoms with van der Waals surface area (Å²) in [4.78, 5) is 24.5. The number of pyridine rings is 1. The molecule has 0 spiro atoms. The van der Waals surface area contributed by atoms with Gasteiger partial charge in [-0.3, -0.25) is 9.69 Å². The van der Waals surface area contributed by atoms with E-state index in [9.17, 15) is 4.79 Å². The zero-order chi connectivity index (χ0) is 25.0. The van der Waals surface area contributed by atoms with Crippen LogP contribution < -0.4 is 9.64 Å². The molecule has 1 aromatic carbocycles. The molecule has 1 aromatic heterocycles. The normalized spacial score (nSPS) is 23.4. The van der Waals surface area contributed by atoms with Crippen molar-refractivity contribution >= 4 is 11.7 Å². The van der Waals surface area contributed by atoms with E-state index in [2.05, 4.69) is 65.0 Å². The number of hydrogen-bond acceptors (Lipinski definition) is 6. The molecule has 4 heterocycles. The Morgan fingerprint density at radius 1 is 1.03 bits per heavy atom. The third-order valence-corrected chi connectivity index (χ3v) is 7.75. The van der Waals surface area contributed by atoms with Gasteiger partial charge in [-0.25, -0.2) is 4.98 Å². The van der Waals surface area contributed by atoms with Crippen molar-refractivity contribution in [1.29, 1.82) is 0 Å². The van der Waals surface area contributed by atoms with Gasteiger partial charge in [0.05, 0.1) is 5.60 Å². The number of nitrogens with zero attached hydrogens (tertiary/aromatic N) is 4. The first kappa shape index (κ1) is 25.0. The number of likely N-dealkylation sites (tertiary alicyclic amines) is 1.